The SMILES string of the molecule is N#CCC1(C[NH+]([O-])O)CCCCC1. The summed E-state index contributed by atoms with van der Waals surface area (Å²) in [7, 11) is 0. The highest BCUT2D eigenvalue weighted by atomic mass is 16.8. The molecule has 13 heavy (non-hydrogen) atoms. The lowest BCUT2D eigenvalue weighted by Crippen LogP contribution is -3.06. The molecule has 2 N–H and O–H groups in total. The van der Waals surface area contributed by atoms with Crippen molar-refractivity contribution < 1.29 is 10.4 Å². The van der Waals surface area contributed by atoms with Gasteiger partial charge in [-0.1, -0.05) is 19.3 Å². The topological polar surface area (TPSA) is 71.5 Å². The highest BCUT2D eigenvalue weighted by Gasteiger charge is 2.34. The molecule has 0 amide bonds. The summed E-state index contributed by atoms with van der Waals surface area (Å²) < 4.78 is 0. The van der Waals surface area contributed by atoms with Crippen molar-refractivity contribution >= 4 is 0 Å². The molecule has 4 nitrogen and oxygen atoms in total. The van der Waals surface area contributed by atoms with Crippen LogP contribution in [0.3, 0.4) is 0 Å². The van der Waals surface area contributed by atoms with Crippen LogP contribution in [0.25, 0.3) is 0 Å². The molecule has 0 radical (unpaired) electrons. The van der Waals surface area contributed by atoms with E-state index in [0.29, 0.717) is 6.42 Å². The first kappa shape index (κ1) is 10.5. The van der Waals surface area contributed by atoms with E-state index in [1.807, 2.05) is 0 Å². The van der Waals surface area contributed by atoms with Gasteiger partial charge in [0.1, 0.15) is 6.54 Å². The second kappa shape index (κ2) is 4.56. The van der Waals surface area contributed by atoms with E-state index >= 15 is 0 Å². The van der Waals surface area contributed by atoms with Crippen LogP contribution in [0.5, 0.6) is 0 Å². The van der Waals surface area contributed by atoms with Crippen molar-refractivity contribution in [2.45, 2.75) is 38.5 Å². The number of nitrogens with one attached hydrogen (secondary N) is 1. The first-order chi connectivity index (χ1) is 6.18. The van der Waals surface area contributed by atoms with Crippen LogP contribution in [0.15, 0.2) is 0 Å². The fraction of sp³-hybridized carbons (Fsp3) is 0.889. The van der Waals surface area contributed by atoms with Crippen molar-refractivity contribution in [3.63, 3.8) is 0 Å². The molecule has 4 heteroatoms. The zero-order chi connectivity index (χ0) is 9.73. The van der Waals surface area contributed by atoms with Gasteiger partial charge in [0.15, 0.2) is 0 Å². The van der Waals surface area contributed by atoms with Crippen LogP contribution >= 0.6 is 0 Å². The Morgan fingerprint density at radius 3 is 2.46 bits per heavy atom. The Labute approximate surface area is 78.3 Å². The highest BCUT2D eigenvalue weighted by molar-refractivity contribution is 4.90. The number of hydroxylamine groups is 2. The molecule has 0 aromatic heterocycles. The fourth-order valence-corrected chi connectivity index (χ4v) is 2.21. The lowest BCUT2D eigenvalue weighted by Gasteiger charge is -2.35. The smallest absolute Gasteiger partial charge is 0.113 e. The number of quaternary nitrogens is 1. The largest absolute Gasteiger partial charge is 0.600 e. The van der Waals surface area contributed by atoms with Crippen molar-refractivity contribution in [3.8, 4) is 6.07 Å². The van der Waals surface area contributed by atoms with E-state index in [4.69, 9.17) is 10.5 Å². The number of hydrogen-bond donors (Lipinski definition) is 2. The molecule has 74 valence electrons. The Hall–Kier alpha value is -0.630. The standard InChI is InChI=1S/C9H16N2O2/c10-7-6-9(8-11(12)13)4-2-1-3-5-9/h11-12H,1-6,8H2. The van der Waals surface area contributed by atoms with Gasteiger partial charge in [0.05, 0.1) is 6.07 Å². The minimum atomic E-state index is -0.767. The molecule has 1 unspecified atom stereocenters. The van der Waals surface area contributed by atoms with Gasteiger partial charge in [-0.3, -0.25) is 0 Å². The Bertz CT molecular complexity index is 192. The Kier molecular flexibility index (Phi) is 3.67. The molecule has 0 aromatic rings. The van der Waals surface area contributed by atoms with Gasteiger partial charge >= 0.3 is 0 Å². The van der Waals surface area contributed by atoms with Gasteiger partial charge in [0, 0.05) is 11.8 Å². The number of nitrogens with zero attached hydrogens (tertiary/aromatic N) is 1. The summed E-state index contributed by atoms with van der Waals surface area (Å²) in [6.45, 7) is 0.167. The van der Waals surface area contributed by atoms with E-state index < -0.39 is 5.23 Å². The van der Waals surface area contributed by atoms with E-state index in [2.05, 4.69) is 6.07 Å². The van der Waals surface area contributed by atoms with E-state index in [1.165, 1.54) is 6.42 Å². The van der Waals surface area contributed by atoms with E-state index in [-0.39, 0.29) is 12.0 Å². The average Bonchev–Trinajstić information content (AvgIpc) is 2.04. The molecule has 0 heterocycles. The van der Waals surface area contributed by atoms with Crippen molar-refractivity contribution in [2.24, 2.45) is 5.41 Å². The van der Waals surface area contributed by atoms with E-state index in [0.717, 1.165) is 25.7 Å². The summed E-state index contributed by atoms with van der Waals surface area (Å²) in [4.78, 5) is 0. The Balaban J connectivity index is 2.56. The lowest BCUT2D eigenvalue weighted by molar-refractivity contribution is -1.05. The summed E-state index contributed by atoms with van der Waals surface area (Å²) in [5.41, 5.74) is -0.209. The third-order valence-electron chi connectivity index (χ3n) is 2.89. The van der Waals surface area contributed by atoms with Gasteiger partial charge in [0.25, 0.3) is 0 Å². The third kappa shape index (κ3) is 2.96. The van der Waals surface area contributed by atoms with Gasteiger partial charge in [-0.2, -0.15) is 5.26 Å². The van der Waals surface area contributed by atoms with Crippen molar-refractivity contribution in [1.29, 1.82) is 5.26 Å². The average molecular weight is 184 g/mol. The normalized spacial score (nSPS) is 23.5. The molecule has 1 saturated carbocycles. The van der Waals surface area contributed by atoms with Gasteiger partial charge in [0.2, 0.25) is 0 Å². The number of nitriles is 1. The third-order valence-corrected chi connectivity index (χ3v) is 2.89. The van der Waals surface area contributed by atoms with Crippen molar-refractivity contribution in [1.82, 2.24) is 0 Å². The predicted octanol–water partition coefficient (Wildman–Crippen LogP) is 0.622. The Morgan fingerprint density at radius 1 is 1.38 bits per heavy atom. The van der Waals surface area contributed by atoms with E-state index in [1.54, 1.807) is 0 Å². The van der Waals surface area contributed by atoms with Crippen LogP contribution in [0.2, 0.25) is 0 Å². The molecule has 0 bridgehead atoms. The van der Waals surface area contributed by atoms with Gasteiger partial charge in [-0.25, -0.2) is 10.4 Å². The molecular formula is C9H16N2O2. The molecule has 1 aliphatic rings. The summed E-state index contributed by atoms with van der Waals surface area (Å²) in [5, 5.41) is 27.3. The maximum Gasteiger partial charge on any atom is 0.113 e. The lowest BCUT2D eigenvalue weighted by atomic mass is 9.72. The summed E-state index contributed by atoms with van der Waals surface area (Å²) in [5.74, 6) is 0. The van der Waals surface area contributed by atoms with Crippen LogP contribution in [0.1, 0.15) is 38.5 Å². The molecule has 1 rings (SSSR count). The van der Waals surface area contributed by atoms with Gasteiger partial charge < -0.3 is 5.21 Å². The van der Waals surface area contributed by atoms with Crippen LogP contribution in [0, 0.1) is 22.0 Å². The number of hydrogen-bond acceptors (Lipinski definition) is 3. The molecule has 0 spiro atoms. The van der Waals surface area contributed by atoms with Crippen LogP contribution in [-0.2, 0) is 0 Å². The highest BCUT2D eigenvalue weighted by Crippen LogP contribution is 2.37. The summed E-state index contributed by atoms with van der Waals surface area (Å²) >= 11 is 0. The first-order valence-electron chi connectivity index (χ1n) is 4.77. The zero-order valence-corrected chi connectivity index (χ0v) is 7.75. The van der Waals surface area contributed by atoms with Crippen LogP contribution in [-0.4, -0.2) is 11.8 Å². The minimum absolute atomic E-state index is 0.167. The summed E-state index contributed by atoms with van der Waals surface area (Å²) in [6.07, 6.45) is 5.57. The number of rotatable bonds is 3. The van der Waals surface area contributed by atoms with E-state index in [9.17, 15) is 5.21 Å². The molecular weight excluding hydrogens is 168 g/mol. The van der Waals surface area contributed by atoms with Crippen molar-refractivity contribution in [2.75, 3.05) is 6.54 Å². The van der Waals surface area contributed by atoms with Gasteiger partial charge in [-0.15, -0.1) is 0 Å². The molecule has 0 saturated heterocycles. The van der Waals surface area contributed by atoms with Crippen LogP contribution < -0.4 is 5.23 Å². The molecule has 1 atom stereocenters. The zero-order valence-electron chi connectivity index (χ0n) is 7.75. The molecule has 0 aromatic carbocycles. The first-order valence-corrected chi connectivity index (χ1v) is 4.77. The maximum absolute atomic E-state index is 10.6. The Morgan fingerprint density at radius 2 is 2.00 bits per heavy atom. The van der Waals surface area contributed by atoms with Crippen molar-refractivity contribution in [3.05, 3.63) is 5.21 Å². The maximum atomic E-state index is 10.6. The second-order valence-electron chi connectivity index (χ2n) is 3.97. The molecule has 1 aliphatic carbocycles. The van der Waals surface area contributed by atoms with Crippen LogP contribution in [0.4, 0.5) is 0 Å². The molecule has 1 fully saturated rings. The fourth-order valence-electron chi connectivity index (χ4n) is 2.21. The minimum Gasteiger partial charge on any atom is -0.600 e. The summed E-state index contributed by atoms with van der Waals surface area (Å²) in [6, 6.07) is 2.12. The quantitative estimate of drug-likeness (QED) is 0.632. The second-order valence-corrected chi connectivity index (χ2v) is 3.97. The predicted molar refractivity (Wildman–Crippen MR) is 46.7 cm³/mol. The molecule has 0 aliphatic heterocycles. The van der Waals surface area contributed by atoms with Gasteiger partial charge in [-0.05, 0) is 12.8 Å². The monoisotopic (exact) mass is 184 g/mol.